The molecule has 25 heavy (non-hydrogen) atoms. The van der Waals surface area contributed by atoms with Gasteiger partial charge >= 0.3 is 0 Å². The summed E-state index contributed by atoms with van der Waals surface area (Å²) in [6.07, 6.45) is 0.250. The number of nitrogens with zero attached hydrogens (tertiary/aromatic N) is 1. The summed E-state index contributed by atoms with van der Waals surface area (Å²) in [5.74, 6) is -0.601. The highest BCUT2D eigenvalue weighted by atomic mass is 79.9. The van der Waals surface area contributed by atoms with Crippen molar-refractivity contribution in [3.63, 3.8) is 0 Å². The highest BCUT2D eigenvalue weighted by Gasteiger charge is 2.31. The monoisotopic (exact) mass is 426 g/mol. The molecule has 0 aromatic heterocycles. The Kier molecular flexibility index (Phi) is 5.21. The van der Waals surface area contributed by atoms with Gasteiger partial charge in [0.25, 0.3) is 0 Å². The standard InChI is InChI=1S/C17H16BrFN2O3S/c18-13-1-7-16(8-2-13)25(23,24)20-10-12-9-17(22)21(11-12)15-5-3-14(19)4-6-15/h1-8,12,20H,9-11H2. The number of halogens is 2. The Bertz CT molecular complexity index is 870. The lowest BCUT2D eigenvalue weighted by Crippen LogP contribution is -2.31. The maximum absolute atomic E-state index is 13.0. The third-order valence-electron chi connectivity index (χ3n) is 4.03. The van der Waals surface area contributed by atoms with E-state index < -0.39 is 10.0 Å². The van der Waals surface area contributed by atoms with Gasteiger partial charge in [-0.15, -0.1) is 0 Å². The lowest BCUT2D eigenvalue weighted by molar-refractivity contribution is -0.117. The van der Waals surface area contributed by atoms with Crippen LogP contribution < -0.4 is 9.62 Å². The van der Waals surface area contributed by atoms with Crippen LogP contribution in [-0.2, 0) is 14.8 Å². The Balaban J connectivity index is 1.63. The number of carbonyl (C=O) groups excluding carboxylic acids is 1. The molecule has 0 radical (unpaired) electrons. The highest BCUT2D eigenvalue weighted by Crippen LogP contribution is 2.25. The van der Waals surface area contributed by atoms with E-state index in [0.29, 0.717) is 12.2 Å². The van der Waals surface area contributed by atoms with Crippen molar-refractivity contribution in [2.24, 2.45) is 5.92 Å². The number of rotatable bonds is 5. The molecule has 132 valence electrons. The van der Waals surface area contributed by atoms with Crippen LogP contribution in [0, 0.1) is 11.7 Å². The summed E-state index contributed by atoms with van der Waals surface area (Å²) < 4.78 is 41.0. The molecular formula is C17H16BrFN2O3S. The molecule has 1 N–H and O–H groups in total. The van der Waals surface area contributed by atoms with E-state index in [1.165, 1.54) is 24.3 Å². The van der Waals surface area contributed by atoms with Crippen LogP contribution in [-0.4, -0.2) is 27.4 Å². The quantitative estimate of drug-likeness (QED) is 0.798. The first kappa shape index (κ1) is 18.0. The van der Waals surface area contributed by atoms with Gasteiger partial charge in [0.1, 0.15) is 5.82 Å². The first-order valence-corrected chi connectivity index (χ1v) is 9.94. The van der Waals surface area contributed by atoms with Gasteiger partial charge in [-0.25, -0.2) is 17.5 Å². The molecule has 8 heteroatoms. The number of benzene rings is 2. The molecule has 3 rings (SSSR count). The number of hydrogen-bond acceptors (Lipinski definition) is 3. The largest absolute Gasteiger partial charge is 0.312 e. The van der Waals surface area contributed by atoms with E-state index in [0.717, 1.165) is 4.47 Å². The van der Waals surface area contributed by atoms with Crippen molar-refractivity contribution in [3.8, 4) is 0 Å². The molecule has 0 saturated carbocycles. The smallest absolute Gasteiger partial charge is 0.240 e. The molecule has 1 aliphatic heterocycles. The van der Waals surface area contributed by atoms with Gasteiger partial charge in [-0.1, -0.05) is 15.9 Å². The fourth-order valence-electron chi connectivity index (χ4n) is 2.71. The Morgan fingerprint density at radius 3 is 2.40 bits per heavy atom. The van der Waals surface area contributed by atoms with Gasteiger partial charge in [0.05, 0.1) is 4.90 Å². The SMILES string of the molecule is O=C1CC(CNS(=O)(=O)c2ccc(Br)cc2)CN1c1ccc(F)cc1. The summed E-state index contributed by atoms with van der Waals surface area (Å²) >= 11 is 3.26. The molecule has 1 unspecified atom stereocenters. The minimum atomic E-state index is -3.62. The minimum absolute atomic E-state index is 0.0977. The molecule has 1 aliphatic rings. The van der Waals surface area contributed by atoms with E-state index in [4.69, 9.17) is 0 Å². The molecule has 5 nitrogen and oxygen atoms in total. The molecule has 1 atom stereocenters. The Morgan fingerprint density at radius 1 is 1.12 bits per heavy atom. The van der Waals surface area contributed by atoms with Crippen LogP contribution in [0.15, 0.2) is 57.9 Å². The third-order valence-corrected chi connectivity index (χ3v) is 6.00. The molecule has 1 heterocycles. The second kappa shape index (κ2) is 7.23. The maximum atomic E-state index is 13.0. The lowest BCUT2D eigenvalue weighted by Gasteiger charge is -2.17. The first-order chi connectivity index (χ1) is 11.8. The normalized spacial score (nSPS) is 17.9. The van der Waals surface area contributed by atoms with E-state index in [1.807, 2.05) is 0 Å². The van der Waals surface area contributed by atoms with E-state index in [-0.39, 0.29) is 35.5 Å². The van der Waals surface area contributed by atoms with Gasteiger partial charge in [-0.05, 0) is 54.4 Å². The summed E-state index contributed by atoms with van der Waals surface area (Å²) in [4.78, 5) is 13.9. The second-order valence-electron chi connectivity index (χ2n) is 5.86. The zero-order valence-corrected chi connectivity index (χ0v) is 15.6. The zero-order valence-electron chi connectivity index (χ0n) is 13.2. The summed E-state index contributed by atoms with van der Waals surface area (Å²) in [6.45, 7) is 0.565. The molecule has 2 aromatic carbocycles. The van der Waals surface area contributed by atoms with Crippen molar-refractivity contribution in [1.82, 2.24) is 4.72 Å². The fourth-order valence-corrected chi connectivity index (χ4v) is 4.09. The predicted molar refractivity (Wildman–Crippen MR) is 96.2 cm³/mol. The summed E-state index contributed by atoms with van der Waals surface area (Å²) in [7, 11) is -3.62. The Morgan fingerprint density at radius 2 is 1.76 bits per heavy atom. The van der Waals surface area contributed by atoms with Gasteiger partial charge in [-0.3, -0.25) is 4.79 Å². The molecule has 0 spiro atoms. The van der Waals surface area contributed by atoms with Gasteiger partial charge in [0.2, 0.25) is 15.9 Å². The van der Waals surface area contributed by atoms with E-state index in [1.54, 1.807) is 29.2 Å². The van der Waals surface area contributed by atoms with Crippen LogP contribution in [0.1, 0.15) is 6.42 Å². The Labute approximate surface area is 154 Å². The molecule has 1 saturated heterocycles. The lowest BCUT2D eigenvalue weighted by atomic mass is 10.1. The topological polar surface area (TPSA) is 66.5 Å². The van der Waals surface area contributed by atoms with Gasteiger partial charge < -0.3 is 4.90 Å². The fraction of sp³-hybridized carbons (Fsp3) is 0.235. The zero-order chi connectivity index (χ0) is 18.0. The summed E-state index contributed by atoms with van der Waals surface area (Å²) in [5, 5.41) is 0. The van der Waals surface area contributed by atoms with Crippen molar-refractivity contribution in [3.05, 3.63) is 58.8 Å². The van der Waals surface area contributed by atoms with Crippen molar-refractivity contribution in [1.29, 1.82) is 0 Å². The number of carbonyl (C=O) groups is 1. The van der Waals surface area contributed by atoms with E-state index >= 15 is 0 Å². The number of amides is 1. The summed E-state index contributed by atoms with van der Waals surface area (Å²) in [5.41, 5.74) is 0.615. The van der Waals surface area contributed by atoms with E-state index in [2.05, 4.69) is 20.7 Å². The van der Waals surface area contributed by atoms with Crippen LogP contribution in [0.3, 0.4) is 0 Å². The number of nitrogens with one attached hydrogen (secondary N) is 1. The molecule has 1 fully saturated rings. The van der Waals surface area contributed by atoms with Crippen molar-refractivity contribution < 1.29 is 17.6 Å². The van der Waals surface area contributed by atoms with Gasteiger partial charge in [0.15, 0.2) is 0 Å². The number of hydrogen-bond donors (Lipinski definition) is 1. The predicted octanol–water partition coefficient (Wildman–Crippen LogP) is 2.92. The molecule has 1 amide bonds. The van der Waals surface area contributed by atoms with Gasteiger partial charge in [0, 0.05) is 29.7 Å². The van der Waals surface area contributed by atoms with Crippen LogP contribution in [0.2, 0.25) is 0 Å². The van der Waals surface area contributed by atoms with Gasteiger partial charge in [-0.2, -0.15) is 0 Å². The van der Waals surface area contributed by atoms with Crippen LogP contribution in [0.25, 0.3) is 0 Å². The maximum Gasteiger partial charge on any atom is 0.240 e. The van der Waals surface area contributed by atoms with Crippen LogP contribution in [0.5, 0.6) is 0 Å². The molecule has 0 aliphatic carbocycles. The van der Waals surface area contributed by atoms with Crippen molar-refractivity contribution in [2.45, 2.75) is 11.3 Å². The molecule has 2 aromatic rings. The second-order valence-corrected chi connectivity index (χ2v) is 8.54. The van der Waals surface area contributed by atoms with Crippen molar-refractivity contribution in [2.75, 3.05) is 18.0 Å². The number of sulfonamides is 1. The summed E-state index contributed by atoms with van der Waals surface area (Å²) in [6, 6.07) is 12.0. The number of anilines is 1. The average molecular weight is 427 g/mol. The third kappa shape index (κ3) is 4.26. The average Bonchev–Trinajstić information content (AvgIpc) is 2.95. The first-order valence-electron chi connectivity index (χ1n) is 7.66. The highest BCUT2D eigenvalue weighted by molar-refractivity contribution is 9.10. The van der Waals surface area contributed by atoms with Crippen molar-refractivity contribution >= 4 is 37.5 Å². The van der Waals surface area contributed by atoms with Crippen LogP contribution >= 0.6 is 15.9 Å². The Hall–Kier alpha value is -1.77. The van der Waals surface area contributed by atoms with Crippen LogP contribution in [0.4, 0.5) is 10.1 Å². The van der Waals surface area contributed by atoms with E-state index in [9.17, 15) is 17.6 Å². The molecular weight excluding hydrogens is 411 g/mol. The minimum Gasteiger partial charge on any atom is -0.312 e. The molecule has 0 bridgehead atoms.